The lowest BCUT2D eigenvalue weighted by Gasteiger charge is -2.10. The molecule has 3 heterocycles. The van der Waals surface area contributed by atoms with Gasteiger partial charge < -0.3 is 9.72 Å². The molecule has 1 aromatic carbocycles. The number of nitrogens with one attached hydrogen (secondary N) is 3. The molecule has 0 bridgehead atoms. The molecular formula is C18H18ClN5O. The second kappa shape index (κ2) is 6.84. The van der Waals surface area contributed by atoms with Crippen LogP contribution < -0.4 is 16.2 Å². The predicted octanol–water partition coefficient (Wildman–Crippen LogP) is 2.21. The molecule has 1 amide bonds. The quantitative estimate of drug-likeness (QED) is 0.671. The number of carbonyl (C=O) groups is 1. The second-order valence-corrected chi connectivity index (χ2v) is 6.54. The van der Waals surface area contributed by atoms with Gasteiger partial charge in [0.15, 0.2) is 0 Å². The molecule has 0 aliphatic carbocycles. The Hall–Kier alpha value is -2.41. The maximum Gasteiger partial charge on any atom is 0.238 e. The van der Waals surface area contributed by atoms with Crippen molar-refractivity contribution < 1.29 is 4.79 Å². The summed E-state index contributed by atoms with van der Waals surface area (Å²) in [6.45, 7) is 0.381. The van der Waals surface area contributed by atoms with Crippen LogP contribution in [-0.4, -0.2) is 21.3 Å². The summed E-state index contributed by atoms with van der Waals surface area (Å²) in [5, 5.41) is 3.59. The van der Waals surface area contributed by atoms with E-state index in [0.29, 0.717) is 18.0 Å². The monoisotopic (exact) mass is 355 g/mol. The molecule has 2 aromatic heterocycles. The highest BCUT2D eigenvalue weighted by molar-refractivity contribution is 6.30. The zero-order chi connectivity index (χ0) is 17.2. The molecule has 0 spiro atoms. The maximum atomic E-state index is 12.4. The molecule has 3 N–H and O–H groups in total. The van der Waals surface area contributed by atoms with Crippen molar-refractivity contribution in [2.24, 2.45) is 0 Å². The SMILES string of the molecule is O=C(NCc1cn2cc(Cl)ccc2n1)C1CC(c2ccccc2)NN1. The van der Waals surface area contributed by atoms with E-state index in [0.717, 1.165) is 11.3 Å². The van der Waals surface area contributed by atoms with E-state index in [4.69, 9.17) is 11.6 Å². The number of pyridine rings is 1. The third-order valence-corrected chi connectivity index (χ3v) is 4.55. The molecule has 3 aromatic rings. The van der Waals surface area contributed by atoms with Crippen molar-refractivity contribution in [1.82, 2.24) is 25.6 Å². The average molecular weight is 356 g/mol. The van der Waals surface area contributed by atoms with Crippen molar-refractivity contribution >= 4 is 23.2 Å². The van der Waals surface area contributed by atoms with E-state index in [1.807, 2.05) is 34.9 Å². The third kappa shape index (κ3) is 3.51. The topological polar surface area (TPSA) is 70.5 Å². The molecule has 128 valence electrons. The minimum absolute atomic E-state index is 0.0407. The number of hydrogen-bond acceptors (Lipinski definition) is 4. The smallest absolute Gasteiger partial charge is 0.238 e. The van der Waals surface area contributed by atoms with Gasteiger partial charge in [0.05, 0.1) is 17.3 Å². The standard InChI is InChI=1S/C18H18ClN5O/c19-13-6-7-17-21-14(11-24(17)10-13)9-20-18(25)16-8-15(22-23-16)12-4-2-1-3-5-12/h1-7,10-11,15-16,22-23H,8-9H2,(H,20,25). The van der Waals surface area contributed by atoms with Crippen LogP contribution in [0.5, 0.6) is 0 Å². The van der Waals surface area contributed by atoms with Crippen LogP contribution in [0.2, 0.25) is 5.02 Å². The van der Waals surface area contributed by atoms with Crippen molar-refractivity contribution in [3.63, 3.8) is 0 Å². The molecular weight excluding hydrogens is 338 g/mol. The van der Waals surface area contributed by atoms with Crippen LogP contribution in [0.15, 0.2) is 54.9 Å². The van der Waals surface area contributed by atoms with Gasteiger partial charge in [0.25, 0.3) is 0 Å². The van der Waals surface area contributed by atoms with Gasteiger partial charge in [0.1, 0.15) is 11.7 Å². The number of imidazole rings is 1. The van der Waals surface area contributed by atoms with E-state index >= 15 is 0 Å². The summed E-state index contributed by atoms with van der Waals surface area (Å²) in [5.41, 5.74) is 9.02. The third-order valence-electron chi connectivity index (χ3n) is 4.33. The first kappa shape index (κ1) is 16.1. The molecule has 6 nitrogen and oxygen atoms in total. The van der Waals surface area contributed by atoms with E-state index in [2.05, 4.69) is 33.3 Å². The van der Waals surface area contributed by atoms with Crippen molar-refractivity contribution in [3.05, 3.63) is 71.1 Å². The number of hydrazine groups is 1. The first-order valence-corrected chi connectivity index (χ1v) is 8.54. The Morgan fingerprint density at radius 2 is 2.04 bits per heavy atom. The summed E-state index contributed by atoms with van der Waals surface area (Å²) in [5.74, 6) is -0.0407. The maximum absolute atomic E-state index is 12.4. The molecule has 1 saturated heterocycles. The van der Waals surface area contributed by atoms with Crippen LogP contribution in [0.25, 0.3) is 5.65 Å². The van der Waals surface area contributed by atoms with Gasteiger partial charge in [-0.05, 0) is 24.1 Å². The van der Waals surface area contributed by atoms with Gasteiger partial charge in [-0.3, -0.25) is 4.79 Å². The largest absolute Gasteiger partial charge is 0.349 e. The minimum atomic E-state index is -0.267. The molecule has 25 heavy (non-hydrogen) atoms. The molecule has 2 atom stereocenters. The molecule has 1 aliphatic rings. The first-order valence-electron chi connectivity index (χ1n) is 8.16. The van der Waals surface area contributed by atoms with Crippen LogP contribution in [0.4, 0.5) is 0 Å². The fraction of sp³-hybridized carbons (Fsp3) is 0.222. The Morgan fingerprint density at radius 3 is 2.88 bits per heavy atom. The number of fused-ring (bicyclic) bond motifs is 1. The van der Waals surface area contributed by atoms with Crippen molar-refractivity contribution in [1.29, 1.82) is 0 Å². The van der Waals surface area contributed by atoms with E-state index in [9.17, 15) is 4.79 Å². The van der Waals surface area contributed by atoms with Gasteiger partial charge in [0, 0.05) is 18.4 Å². The fourth-order valence-electron chi connectivity index (χ4n) is 3.04. The van der Waals surface area contributed by atoms with Gasteiger partial charge in [-0.15, -0.1) is 0 Å². The number of aromatic nitrogens is 2. The number of carbonyl (C=O) groups excluding carboxylic acids is 1. The predicted molar refractivity (Wildman–Crippen MR) is 95.9 cm³/mol. The molecule has 7 heteroatoms. The number of amides is 1. The lowest BCUT2D eigenvalue weighted by Crippen LogP contribution is -2.42. The Morgan fingerprint density at radius 1 is 1.20 bits per heavy atom. The van der Waals surface area contributed by atoms with E-state index in [1.165, 1.54) is 5.56 Å². The molecule has 1 aliphatic heterocycles. The van der Waals surface area contributed by atoms with E-state index < -0.39 is 0 Å². The Labute approximate surface area is 150 Å². The van der Waals surface area contributed by atoms with Crippen LogP contribution >= 0.6 is 11.6 Å². The van der Waals surface area contributed by atoms with Gasteiger partial charge in [-0.2, -0.15) is 0 Å². The van der Waals surface area contributed by atoms with Crippen LogP contribution in [0, 0.1) is 0 Å². The highest BCUT2D eigenvalue weighted by atomic mass is 35.5. The first-order chi connectivity index (χ1) is 12.2. The van der Waals surface area contributed by atoms with Gasteiger partial charge in [0.2, 0.25) is 5.91 Å². The van der Waals surface area contributed by atoms with Crippen molar-refractivity contribution in [2.75, 3.05) is 0 Å². The number of benzene rings is 1. The normalized spacial score (nSPS) is 20.0. The van der Waals surface area contributed by atoms with Crippen LogP contribution in [0.3, 0.4) is 0 Å². The average Bonchev–Trinajstić information content (AvgIpc) is 3.27. The lowest BCUT2D eigenvalue weighted by atomic mass is 10.0. The van der Waals surface area contributed by atoms with Crippen molar-refractivity contribution in [3.8, 4) is 0 Å². The van der Waals surface area contributed by atoms with Gasteiger partial charge in [-0.1, -0.05) is 41.9 Å². The zero-order valence-corrected chi connectivity index (χ0v) is 14.2. The number of rotatable bonds is 4. The molecule has 1 fully saturated rings. The Kier molecular flexibility index (Phi) is 4.40. The summed E-state index contributed by atoms with van der Waals surface area (Å²) < 4.78 is 1.85. The zero-order valence-electron chi connectivity index (χ0n) is 13.4. The summed E-state index contributed by atoms with van der Waals surface area (Å²) in [4.78, 5) is 16.9. The summed E-state index contributed by atoms with van der Waals surface area (Å²) in [7, 11) is 0. The molecule has 2 unspecified atom stereocenters. The number of nitrogens with zero attached hydrogens (tertiary/aromatic N) is 2. The Balaban J connectivity index is 1.36. The van der Waals surface area contributed by atoms with Crippen molar-refractivity contribution in [2.45, 2.75) is 25.0 Å². The number of halogens is 1. The Bertz CT molecular complexity index is 895. The lowest BCUT2D eigenvalue weighted by molar-refractivity contribution is -0.123. The van der Waals surface area contributed by atoms with Gasteiger partial charge in [-0.25, -0.2) is 15.8 Å². The minimum Gasteiger partial charge on any atom is -0.349 e. The summed E-state index contributed by atoms with van der Waals surface area (Å²) >= 11 is 5.97. The molecule has 4 rings (SSSR count). The van der Waals surface area contributed by atoms with E-state index in [1.54, 1.807) is 12.3 Å². The highest BCUT2D eigenvalue weighted by Gasteiger charge is 2.29. The molecule has 0 radical (unpaired) electrons. The number of hydrogen-bond donors (Lipinski definition) is 3. The summed E-state index contributed by atoms with van der Waals surface area (Å²) in [6, 6.07) is 13.6. The van der Waals surface area contributed by atoms with Crippen LogP contribution in [0.1, 0.15) is 23.7 Å². The second-order valence-electron chi connectivity index (χ2n) is 6.10. The molecule has 0 saturated carbocycles. The van der Waals surface area contributed by atoms with Crippen LogP contribution in [-0.2, 0) is 11.3 Å². The van der Waals surface area contributed by atoms with Gasteiger partial charge >= 0.3 is 0 Å². The fourth-order valence-corrected chi connectivity index (χ4v) is 3.20. The summed E-state index contributed by atoms with van der Waals surface area (Å²) in [6.07, 6.45) is 4.37. The highest BCUT2D eigenvalue weighted by Crippen LogP contribution is 2.21. The van der Waals surface area contributed by atoms with E-state index in [-0.39, 0.29) is 18.0 Å².